The Balaban J connectivity index is 2.16. The zero-order valence-electron chi connectivity index (χ0n) is 11.1. The third-order valence-electron chi connectivity index (χ3n) is 3.56. The number of aromatic hydroxyl groups is 1. The van der Waals surface area contributed by atoms with E-state index in [2.05, 4.69) is 17.6 Å². The number of rotatable bonds is 2. The van der Waals surface area contributed by atoms with E-state index in [1.165, 1.54) is 0 Å². The summed E-state index contributed by atoms with van der Waals surface area (Å²) in [5, 5.41) is 16.0. The molecule has 4 heteroatoms. The number of phenols is 1. The van der Waals surface area contributed by atoms with Crippen LogP contribution in [-0.4, -0.2) is 24.1 Å². The quantitative estimate of drug-likeness (QED) is 0.699. The summed E-state index contributed by atoms with van der Waals surface area (Å²) in [7, 11) is 0. The van der Waals surface area contributed by atoms with Gasteiger partial charge in [0.1, 0.15) is 5.75 Å². The highest BCUT2D eigenvalue weighted by atomic mass is 16.3. The lowest BCUT2D eigenvalue weighted by molar-refractivity contribution is -0.120. The summed E-state index contributed by atoms with van der Waals surface area (Å²) < 4.78 is 0. The zero-order valence-corrected chi connectivity index (χ0v) is 11.1. The van der Waals surface area contributed by atoms with E-state index < -0.39 is 0 Å². The summed E-state index contributed by atoms with van der Waals surface area (Å²) in [4.78, 5) is 12.1. The molecule has 1 amide bonds. The maximum absolute atomic E-state index is 12.1. The highest BCUT2D eigenvalue weighted by molar-refractivity contribution is 5.94. The van der Waals surface area contributed by atoms with E-state index in [4.69, 9.17) is 0 Å². The van der Waals surface area contributed by atoms with Crippen molar-refractivity contribution in [1.82, 2.24) is 5.32 Å². The summed E-state index contributed by atoms with van der Waals surface area (Å²) in [5.41, 5.74) is 2.32. The molecule has 0 bridgehead atoms. The molecular weight excluding hydrogens is 228 g/mol. The molecule has 2 rings (SSSR count). The van der Waals surface area contributed by atoms with E-state index in [-0.39, 0.29) is 17.6 Å². The molecule has 1 aliphatic heterocycles. The Hall–Kier alpha value is -1.55. The Labute approximate surface area is 107 Å². The Morgan fingerprint density at radius 1 is 1.39 bits per heavy atom. The van der Waals surface area contributed by atoms with Gasteiger partial charge >= 0.3 is 0 Å². The van der Waals surface area contributed by atoms with Gasteiger partial charge in [0.2, 0.25) is 5.91 Å². The van der Waals surface area contributed by atoms with Crippen molar-refractivity contribution in [2.45, 2.75) is 20.8 Å². The second kappa shape index (κ2) is 4.98. The molecular formula is C14H20N2O2. The van der Waals surface area contributed by atoms with Gasteiger partial charge in [-0.05, 0) is 43.5 Å². The van der Waals surface area contributed by atoms with Gasteiger partial charge in [-0.1, -0.05) is 13.0 Å². The number of hydrogen-bond donors (Lipinski definition) is 3. The van der Waals surface area contributed by atoms with Gasteiger partial charge in [-0.3, -0.25) is 4.79 Å². The Kier molecular flexibility index (Phi) is 3.57. The van der Waals surface area contributed by atoms with Crippen molar-refractivity contribution in [3.8, 4) is 5.75 Å². The average molecular weight is 248 g/mol. The van der Waals surface area contributed by atoms with Crippen LogP contribution in [0.2, 0.25) is 0 Å². The summed E-state index contributed by atoms with van der Waals surface area (Å²) in [6, 6.07) is 3.69. The fourth-order valence-electron chi connectivity index (χ4n) is 2.44. The fraction of sp³-hybridized carbons (Fsp3) is 0.500. The van der Waals surface area contributed by atoms with Crippen molar-refractivity contribution in [3.63, 3.8) is 0 Å². The molecule has 3 N–H and O–H groups in total. The number of amides is 1. The molecule has 0 spiro atoms. The Morgan fingerprint density at radius 2 is 2.11 bits per heavy atom. The van der Waals surface area contributed by atoms with Crippen molar-refractivity contribution >= 4 is 11.6 Å². The highest BCUT2D eigenvalue weighted by Crippen LogP contribution is 2.29. The largest absolute Gasteiger partial charge is 0.505 e. The van der Waals surface area contributed by atoms with Crippen LogP contribution < -0.4 is 10.6 Å². The van der Waals surface area contributed by atoms with Gasteiger partial charge in [0.15, 0.2) is 0 Å². The standard InChI is InChI=1S/C14H20N2O2/c1-8-4-9(2)13(17)12(5-8)16-14(18)11-7-15-6-10(11)3/h4-5,10-11,15,17H,6-7H2,1-3H3,(H,16,18)/t10-,11-/m1/s1. The Morgan fingerprint density at radius 3 is 2.72 bits per heavy atom. The predicted molar refractivity (Wildman–Crippen MR) is 71.7 cm³/mol. The van der Waals surface area contributed by atoms with Gasteiger partial charge in [0.25, 0.3) is 0 Å². The number of phenolic OH excluding ortho intramolecular Hbond substituents is 1. The topological polar surface area (TPSA) is 61.4 Å². The minimum Gasteiger partial charge on any atom is -0.505 e. The van der Waals surface area contributed by atoms with Crippen LogP contribution in [0.1, 0.15) is 18.1 Å². The first-order chi connectivity index (χ1) is 8.49. The van der Waals surface area contributed by atoms with Crippen LogP contribution in [0.25, 0.3) is 0 Å². The lowest BCUT2D eigenvalue weighted by Crippen LogP contribution is -2.27. The summed E-state index contributed by atoms with van der Waals surface area (Å²) in [6.07, 6.45) is 0. The first kappa shape index (κ1) is 12.9. The first-order valence-electron chi connectivity index (χ1n) is 6.31. The number of carbonyl (C=O) groups excluding carboxylic acids is 1. The van der Waals surface area contributed by atoms with Gasteiger partial charge in [-0.25, -0.2) is 0 Å². The van der Waals surface area contributed by atoms with Crippen LogP contribution in [0, 0.1) is 25.7 Å². The lowest BCUT2D eigenvalue weighted by atomic mass is 9.97. The number of nitrogens with one attached hydrogen (secondary N) is 2. The van der Waals surface area contributed by atoms with E-state index in [1.807, 2.05) is 19.9 Å². The van der Waals surface area contributed by atoms with E-state index >= 15 is 0 Å². The molecule has 0 unspecified atom stereocenters. The minimum atomic E-state index is -0.0229. The van der Waals surface area contributed by atoms with Crippen LogP contribution in [-0.2, 0) is 4.79 Å². The second-order valence-electron chi connectivity index (χ2n) is 5.21. The van der Waals surface area contributed by atoms with E-state index in [9.17, 15) is 9.90 Å². The lowest BCUT2D eigenvalue weighted by Gasteiger charge is -2.16. The van der Waals surface area contributed by atoms with Crippen molar-refractivity contribution in [2.75, 3.05) is 18.4 Å². The number of aryl methyl sites for hydroxylation is 2. The summed E-state index contributed by atoms with van der Waals surface area (Å²) >= 11 is 0. The molecule has 18 heavy (non-hydrogen) atoms. The third kappa shape index (κ3) is 2.48. The van der Waals surface area contributed by atoms with E-state index in [1.54, 1.807) is 6.07 Å². The molecule has 0 radical (unpaired) electrons. The highest BCUT2D eigenvalue weighted by Gasteiger charge is 2.29. The molecule has 1 aromatic rings. The molecule has 0 saturated carbocycles. The van der Waals surface area contributed by atoms with Gasteiger partial charge in [-0.15, -0.1) is 0 Å². The maximum Gasteiger partial charge on any atom is 0.229 e. The molecule has 0 aromatic heterocycles. The van der Waals surface area contributed by atoms with Crippen LogP contribution in [0.4, 0.5) is 5.69 Å². The smallest absolute Gasteiger partial charge is 0.229 e. The monoisotopic (exact) mass is 248 g/mol. The number of benzene rings is 1. The molecule has 1 fully saturated rings. The van der Waals surface area contributed by atoms with E-state index in [0.717, 1.165) is 17.7 Å². The zero-order chi connectivity index (χ0) is 13.3. The van der Waals surface area contributed by atoms with Gasteiger partial charge in [0, 0.05) is 6.54 Å². The van der Waals surface area contributed by atoms with Gasteiger partial charge < -0.3 is 15.7 Å². The normalized spacial score (nSPS) is 23.1. The maximum atomic E-state index is 12.1. The molecule has 4 nitrogen and oxygen atoms in total. The van der Waals surface area contributed by atoms with Crippen molar-refractivity contribution in [2.24, 2.45) is 11.8 Å². The molecule has 1 aliphatic rings. The summed E-state index contributed by atoms with van der Waals surface area (Å²) in [6.45, 7) is 7.42. The molecule has 1 heterocycles. The van der Waals surface area contributed by atoms with Crippen molar-refractivity contribution in [1.29, 1.82) is 0 Å². The molecule has 1 saturated heterocycles. The Bertz CT molecular complexity index is 471. The van der Waals surface area contributed by atoms with Crippen molar-refractivity contribution < 1.29 is 9.90 Å². The van der Waals surface area contributed by atoms with Crippen LogP contribution in [0.3, 0.4) is 0 Å². The van der Waals surface area contributed by atoms with Crippen LogP contribution in [0.5, 0.6) is 5.75 Å². The van der Waals surface area contributed by atoms with Crippen LogP contribution >= 0.6 is 0 Å². The number of hydrogen-bond acceptors (Lipinski definition) is 3. The molecule has 1 aromatic carbocycles. The summed E-state index contributed by atoms with van der Waals surface area (Å²) in [5.74, 6) is 0.448. The second-order valence-corrected chi connectivity index (χ2v) is 5.21. The minimum absolute atomic E-state index is 0.0206. The fourth-order valence-corrected chi connectivity index (χ4v) is 2.44. The molecule has 2 atom stereocenters. The number of anilines is 1. The average Bonchev–Trinajstić information content (AvgIpc) is 2.71. The first-order valence-corrected chi connectivity index (χ1v) is 6.31. The molecule has 0 aliphatic carbocycles. The van der Waals surface area contributed by atoms with Crippen LogP contribution in [0.15, 0.2) is 12.1 Å². The predicted octanol–water partition coefficient (Wildman–Crippen LogP) is 1.80. The van der Waals surface area contributed by atoms with E-state index in [0.29, 0.717) is 18.2 Å². The SMILES string of the molecule is Cc1cc(C)c(O)c(NC(=O)[C@@H]2CNC[C@H]2C)c1. The van der Waals surface area contributed by atoms with Gasteiger partial charge in [0.05, 0.1) is 11.6 Å². The molecule has 98 valence electrons. The van der Waals surface area contributed by atoms with Crippen molar-refractivity contribution in [3.05, 3.63) is 23.3 Å². The van der Waals surface area contributed by atoms with Gasteiger partial charge in [-0.2, -0.15) is 0 Å². The number of carbonyl (C=O) groups is 1. The third-order valence-corrected chi connectivity index (χ3v) is 3.56.